The van der Waals surface area contributed by atoms with Gasteiger partial charge in [0.1, 0.15) is 0 Å². The lowest BCUT2D eigenvalue weighted by Crippen LogP contribution is -2.57. The fourth-order valence-corrected chi connectivity index (χ4v) is 1.12. The van der Waals surface area contributed by atoms with Crippen LogP contribution in [0.4, 0.5) is 9.59 Å². The minimum absolute atomic E-state index is 0.0705. The van der Waals surface area contributed by atoms with Gasteiger partial charge in [-0.05, 0) is 20.8 Å². The van der Waals surface area contributed by atoms with E-state index in [0.717, 1.165) is 5.01 Å². The number of nitrogens with zero attached hydrogens (tertiary/aromatic N) is 2. The molecule has 15 heavy (non-hydrogen) atoms. The fraction of sp³-hybridized carbons (Fsp3) is 0.556. The first-order valence-corrected chi connectivity index (χ1v) is 4.36. The molecule has 0 unspecified atom stereocenters. The molecule has 0 aliphatic rings. The average Bonchev–Trinajstić information content (AvgIpc) is 1.99. The van der Waals surface area contributed by atoms with Gasteiger partial charge < -0.3 is 10.2 Å². The van der Waals surface area contributed by atoms with Gasteiger partial charge in [-0.15, -0.1) is 6.58 Å². The van der Waals surface area contributed by atoms with Gasteiger partial charge in [0.15, 0.2) is 0 Å². The molecule has 0 heterocycles. The molecule has 6 heteroatoms. The molecule has 0 spiro atoms. The highest BCUT2D eigenvalue weighted by atomic mass is 16.4. The standard InChI is InChI=1S/C9H16N2O4/c1-5-6-10(7(12)13)11(8(14)15)9(2,3)4/h5H,1,6H2,2-4H3,(H,12,13)(H,14,15). The van der Waals surface area contributed by atoms with Crippen LogP contribution in [-0.2, 0) is 0 Å². The van der Waals surface area contributed by atoms with Crippen LogP contribution in [0, 0.1) is 0 Å². The third-order valence-electron chi connectivity index (χ3n) is 1.58. The lowest BCUT2D eigenvalue weighted by molar-refractivity contribution is -0.0432. The van der Waals surface area contributed by atoms with Crippen molar-refractivity contribution in [3.63, 3.8) is 0 Å². The molecule has 6 nitrogen and oxygen atoms in total. The normalized spacial score (nSPS) is 10.6. The van der Waals surface area contributed by atoms with Crippen LogP contribution in [-0.4, -0.2) is 44.5 Å². The van der Waals surface area contributed by atoms with E-state index in [4.69, 9.17) is 10.2 Å². The maximum absolute atomic E-state index is 11.0. The van der Waals surface area contributed by atoms with Gasteiger partial charge in [-0.3, -0.25) is 0 Å². The summed E-state index contributed by atoms with van der Waals surface area (Å²) < 4.78 is 0. The molecule has 0 saturated heterocycles. The number of carbonyl (C=O) groups is 2. The zero-order chi connectivity index (χ0) is 12.2. The molecule has 0 aliphatic carbocycles. The van der Waals surface area contributed by atoms with Crippen molar-refractivity contribution in [2.24, 2.45) is 0 Å². The zero-order valence-electron chi connectivity index (χ0n) is 9.10. The highest BCUT2D eigenvalue weighted by Gasteiger charge is 2.34. The molecule has 2 amide bonds. The van der Waals surface area contributed by atoms with E-state index in [0.29, 0.717) is 5.01 Å². The van der Waals surface area contributed by atoms with Crippen molar-refractivity contribution in [2.75, 3.05) is 6.54 Å². The van der Waals surface area contributed by atoms with E-state index in [1.54, 1.807) is 20.8 Å². The van der Waals surface area contributed by atoms with Crippen molar-refractivity contribution in [3.05, 3.63) is 12.7 Å². The molecule has 86 valence electrons. The lowest BCUT2D eigenvalue weighted by atomic mass is 10.1. The molecule has 0 aromatic rings. The van der Waals surface area contributed by atoms with Gasteiger partial charge in [0.05, 0.1) is 12.1 Å². The minimum atomic E-state index is -1.33. The van der Waals surface area contributed by atoms with E-state index in [1.807, 2.05) is 0 Å². The van der Waals surface area contributed by atoms with Crippen LogP contribution < -0.4 is 0 Å². The maximum atomic E-state index is 11.0. The van der Waals surface area contributed by atoms with Gasteiger partial charge >= 0.3 is 12.2 Å². The summed E-state index contributed by atoms with van der Waals surface area (Å²) in [5.74, 6) is 0. The largest absolute Gasteiger partial charge is 0.464 e. The van der Waals surface area contributed by atoms with E-state index in [1.165, 1.54) is 6.08 Å². The molecule has 0 bridgehead atoms. The van der Waals surface area contributed by atoms with Crippen molar-refractivity contribution in [1.29, 1.82) is 0 Å². The quantitative estimate of drug-likeness (QED) is 0.545. The first-order chi connectivity index (χ1) is 6.71. The summed E-state index contributed by atoms with van der Waals surface area (Å²) in [6.45, 7) is 8.15. The Kier molecular flexibility index (Phi) is 4.14. The first-order valence-electron chi connectivity index (χ1n) is 4.36. The summed E-state index contributed by atoms with van der Waals surface area (Å²) in [7, 11) is 0. The summed E-state index contributed by atoms with van der Waals surface area (Å²) >= 11 is 0. The summed E-state index contributed by atoms with van der Waals surface area (Å²) in [6.07, 6.45) is -1.31. The Morgan fingerprint density at radius 2 is 1.73 bits per heavy atom. The predicted molar refractivity (Wildman–Crippen MR) is 54.5 cm³/mol. The van der Waals surface area contributed by atoms with Gasteiger partial charge in [-0.1, -0.05) is 6.08 Å². The number of carboxylic acid groups (broad SMARTS) is 2. The number of hydrogen-bond donors (Lipinski definition) is 2. The Morgan fingerprint density at radius 1 is 1.27 bits per heavy atom. The van der Waals surface area contributed by atoms with Gasteiger partial charge in [0, 0.05) is 0 Å². The molecular weight excluding hydrogens is 200 g/mol. The van der Waals surface area contributed by atoms with Gasteiger partial charge in [0.2, 0.25) is 0 Å². The average molecular weight is 216 g/mol. The van der Waals surface area contributed by atoms with Crippen LogP contribution in [0.15, 0.2) is 12.7 Å². The van der Waals surface area contributed by atoms with E-state index < -0.39 is 17.7 Å². The second kappa shape index (κ2) is 4.68. The van der Waals surface area contributed by atoms with Crippen LogP contribution in [0.25, 0.3) is 0 Å². The number of hydrazine groups is 1. The molecule has 0 radical (unpaired) electrons. The SMILES string of the molecule is C=CCN(C(=O)O)N(C(=O)O)C(C)(C)C. The molecule has 0 saturated carbocycles. The fourth-order valence-electron chi connectivity index (χ4n) is 1.12. The number of rotatable bonds is 2. The number of amides is 2. The number of hydrogen-bond acceptors (Lipinski definition) is 2. The summed E-state index contributed by atoms with van der Waals surface area (Å²) in [5.41, 5.74) is -0.826. The summed E-state index contributed by atoms with van der Waals surface area (Å²) in [6, 6.07) is 0. The van der Waals surface area contributed by atoms with Crippen molar-refractivity contribution in [1.82, 2.24) is 10.0 Å². The van der Waals surface area contributed by atoms with Gasteiger partial charge in [-0.25, -0.2) is 19.6 Å². The Hall–Kier alpha value is -1.72. The second-order valence-corrected chi connectivity index (χ2v) is 3.92. The predicted octanol–water partition coefficient (Wildman–Crippen LogP) is 1.85. The van der Waals surface area contributed by atoms with Crippen molar-refractivity contribution in [2.45, 2.75) is 26.3 Å². The zero-order valence-corrected chi connectivity index (χ0v) is 9.10. The van der Waals surface area contributed by atoms with Crippen molar-refractivity contribution >= 4 is 12.2 Å². The monoisotopic (exact) mass is 216 g/mol. The molecule has 0 fully saturated rings. The lowest BCUT2D eigenvalue weighted by Gasteiger charge is -2.39. The Morgan fingerprint density at radius 3 is 1.93 bits per heavy atom. The maximum Gasteiger partial charge on any atom is 0.427 e. The molecule has 0 aromatic heterocycles. The smallest absolute Gasteiger partial charge is 0.427 e. The Labute approximate surface area is 88.4 Å². The molecular formula is C9H16N2O4. The van der Waals surface area contributed by atoms with E-state index in [-0.39, 0.29) is 6.54 Å². The van der Waals surface area contributed by atoms with Crippen LogP contribution in [0.2, 0.25) is 0 Å². The second-order valence-electron chi connectivity index (χ2n) is 3.92. The third kappa shape index (κ3) is 3.49. The summed E-state index contributed by atoms with van der Waals surface area (Å²) in [4.78, 5) is 21.8. The highest BCUT2D eigenvalue weighted by molar-refractivity contribution is 5.72. The van der Waals surface area contributed by atoms with Crippen molar-refractivity contribution in [3.8, 4) is 0 Å². The highest BCUT2D eigenvalue weighted by Crippen LogP contribution is 2.16. The third-order valence-corrected chi connectivity index (χ3v) is 1.58. The summed E-state index contributed by atoms with van der Waals surface area (Å²) in [5, 5.41) is 19.3. The first kappa shape index (κ1) is 13.3. The van der Waals surface area contributed by atoms with E-state index in [9.17, 15) is 9.59 Å². The molecule has 2 N–H and O–H groups in total. The topological polar surface area (TPSA) is 81.1 Å². The Bertz CT molecular complexity index is 270. The van der Waals surface area contributed by atoms with Gasteiger partial charge in [0.25, 0.3) is 0 Å². The van der Waals surface area contributed by atoms with Crippen LogP contribution in [0.5, 0.6) is 0 Å². The van der Waals surface area contributed by atoms with Crippen molar-refractivity contribution < 1.29 is 19.8 Å². The van der Waals surface area contributed by atoms with Crippen LogP contribution >= 0.6 is 0 Å². The molecule has 0 rings (SSSR count). The van der Waals surface area contributed by atoms with E-state index >= 15 is 0 Å². The Balaban J connectivity index is 5.10. The molecule has 0 atom stereocenters. The van der Waals surface area contributed by atoms with Crippen LogP contribution in [0.1, 0.15) is 20.8 Å². The van der Waals surface area contributed by atoms with E-state index in [2.05, 4.69) is 6.58 Å². The van der Waals surface area contributed by atoms with Gasteiger partial charge in [-0.2, -0.15) is 0 Å². The minimum Gasteiger partial charge on any atom is -0.464 e. The molecule has 0 aromatic carbocycles. The molecule has 0 aliphatic heterocycles. The van der Waals surface area contributed by atoms with Crippen LogP contribution in [0.3, 0.4) is 0 Å².